The van der Waals surface area contributed by atoms with E-state index in [-0.39, 0.29) is 12.3 Å². The molecule has 1 amide bonds. The molecule has 0 saturated carbocycles. The largest absolute Gasteiger partial charge is 0.493 e. The van der Waals surface area contributed by atoms with E-state index in [1.54, 1.807) is 31.0 Å². The topological polar surface area (TPSA) is 78.3 Å². The fraction of sp³-hybridized carbons (Fsp3) is 0.174. The highest BCUT2D eigenvalue weighted by Crippen LogP contribution is 2.33. The first-order valence-electron chi connectivity index (χ1n) is 9.76. The van der Waals surface area contributed by atoms with Crippen LogP contribution >= 0.6 is 22.9 Å². The van der Waals surface area contributed by atoms with Gasteiger partial charge in [0.1, 0.15) is 5.82 Å². The average molecular weight is 469 g/mol. The Balaban J connectivity index is 1.56. The van der Waals surface area contributed by atoms with Crippen LogP contribution in [-0.4, -0.2) is 34.9 Å². The van der Waals surface area contributed by atoms with Crippen molar-refractivity contribution in [1.29, 1.82) is 0 Å². The second kappa shape index (κ2) is 9.42. The predicted molar refractivity (Wildman–Crippen MR) is 126 cm³/mol. The number of methoxy groups -OCH3 is 2. The van der Waals surface area contributed by atoms with Gasteiger partial charge < -0.3 is 14.8 Å². The first-order chi connectivity index (χ1) is 15.5. The smallest absolute Gasteiger partial charge is 0.229 e. The lowest BCUT2D eigenvalue weighted by Crippen LogP contribution is -2.17. The fourth-order valence-electron chi connectivity index (χ4n) is 3.20. The van der Waals surface area contributed by atoms with Crippen LogP contribution in [0.4, 0.5) is 5.82 Å². The molecule has 2 aromatic carbocycles. The van der Waals surface area contributed by atoms with Crippen molar-refractivity contribution >= 4 is 34.7 Å². The molecule has 2 aromatic heterocycles. The summed E-state index contributed by atoms with van der Waals surface area (Å²) in [6, 6.07) is 14.7. The van der Waals surface area contributed by atoms with Crippen LogP contribution < -0.4 is 14.8 Å². The van der Waals surface area contributed by atoms with Gasteiger partial charge in [0.25, 0.3) is 0 Å². The number of aromatic nitrogens is 3. The van der Waals surface area contributed by atoms with Crippen LogP contribution in [-0.2, 0) is 11.2 Å². The van der Waals surface area contributed by atoms with Crippen LogP contribution in [0.1, 0.15) is 11.3 Å². The maximum absolute atomic E-state index is 12.6. The molecular formula is C23H21ClN4O3S. The lowest BCUT2D eigenvalue weighted by atomic mass is 10.1. The number of rotatable bonds is 7. The number of benzene rings is 2. The number of anilines is 1. The van der Waals surface area contributed by atoms with Crippen molar-refractivity contribution in [3.05, 3.63) is 70.2 Å². The lowest BCUT2D eigenvalue weighted by molar-refractivity contribution is -0.115. The minimum absolute atomic E-state index is 0.148. The average Bonchev–Trinajstić information content (AvgIpc) is 3.41. The van der Waals surface area contributed by atoms with E-state index in [0.29, 0.717) is 27.5 Å². The summed E-state index contributed by atoms with van der Waals surface area (Å²) < 4.78 is 12.3. The van der Waals surface area contributed by atoms with E-state index in [2.05, 4.69) is 10.4 Å². The highest BCUT2D eigenvalue weighted by Gasteiger charge is 2.16. The van der Waals surface area contributed by atoms with Gasteiger partial charge in [-0.25, -0.2) is 4.98 Å². The summed E-state index contributed by atoms with van der Waals surface area (Å²) in [7, 11) is 3.20. The van der Waals surface area contributed by atoms with E-state index >= 15 is 0 Å². The Morgan fingerprint density at radius 3 is 2.56 bits per heavy atom. The van der Waals surface area contributed by atoms with Crippen LogP contribution in [0.15, 0.2) is 53.9 Å². The summed E-state index contributed by atoms with van der Waals surface area (Å²) in [6.07, 6.45) is 0.232. The number of carbonyl (C=O) groups is 1. The summed E-state index contributed by atoms with van der Waals surface area (Å²) in [5.41, 5.74) is 3.31. The normalized spacial score (nSPS) is 10.8. The second-order valence-electron chi connectivity index (χ2n) is 7.02. The third-order valence-corrected chi connectivity index (χ3v) is 5.80. The number of nitrogens with zero attached hydrogens (tertiary/aromatic N) is 3. The fourth-order valence-corrected chi connectivity index (χ4v) is 4.12. The van der Waals surface area contributed by atoms with E-state index in [1.807, 2.05) is 48.7 Å². The first-order valence-corrected chi connectivity index (χ1v) is 11.0. The summed E-state index contributed by atoms with van der Waals surface area (Å²) in [4.78, 5) is 17.3. The number of halogens is 1. The first kappa shape index (κ1) is 21.9. The van der Waals surface area contributed by atoms with Crippen LogP contribution in [0.25, 0.3) is 16.4 Å². The molecule has 0 bridgehead atoms. The third-order valence-electron chi connectivity index (χ3n) is 4.73. The highest BCUT2D eigenvalue weighted by molar-refractivity contribution is 7.12. The van der Waals surface area contributed by atoms with Gasteiger partial charge in [-0.2, -0.15) is 9.78 Å². The van der Waals surface area contributed by atoms with Gasteiger partial charge >= 0.3 is 0 Å². The molecule has 0 fully saturated rings. The van der Waals surface area contributed by atoms with Gasteiger partial charge in [0.2, 0.25) is 11.0 Å². The van der Waals surface area contributed by atoms with Crippen molar-refractivity contribution in [3.63, 3.8) is 0 Å². The summed E-state index contributed by atoms with van der Waals surface area (Å²) in [5.74, 6) is 1.70. The van der Waals surface area contributed by atoms with Crippen molar-refractivity contribution in [2.24, 2.45) is 0 Å². The monoisotopic (exact) mass is 468 g/mol. The standard InChI is InChI=1S/C23H21ClN4O3S/c1-14-10-21(26-22(29)11-15-4-7-17(24)8-5-15)28(27-14)23-25-18(13-32-23)16-6-9-19(30-2)20(12-16)31-3/h4-10,12-13H,11H2,1-3H3,(H,26,29). The quantitative estimate of drug-likeness (QED) is 0.405. The van der Waals surface area contributed by atoms with Crippen LogP contribution in [0.2, 0.25) is 5.02 Å². The molecule has 0 aliphatic rings. The zero-order valence-corrected chi connectivity index (χ0v) is 19.3. The van der Waals surface area contributed by atoms with Gasteiger partial charge in [0.05, 0.1) is 32.0 Å². The number of aryl methyl sites for hydroxylation is 1. The van der Waals surface area contributed by atoms with Gasteiger partial charge in [-0.1, -0.05) is 23.7 Å². The van der Waals surface area contributed by atoms with E-state index < -0.39 is 0 Å². The maximum atomic E-state index is 12.6. The van der Waals surface area contributed by atoms with Crippen LogP contribution in [0.5, 0.6) is 11.5 Å². The maximum Gasteiger partial charge on any atom is 0.229 e. The second-order valence-corrected chi connectivity index (χ2v) is 8.29. The number of amides is 1. The van der Waals surface area contributed by atoms with Gasteiger partial charge in [0, 0.05) is 22.0 Å². The van der Waals surface area contributed by atoms with Crippen molar-refractivity contribution in [1.82, 2.24) is 14.8 Å². The van der Waals surface area contributed by atoms with Gasteiger partial charge in [-0.15, -0.1) is 11.3 Å². The molecule has 0 aliphatic carbocycles. The molecule has 0 aliphatic heterocycles. The molecular weight excluding hydrogens is 448 g/mol. The number of nitrogens with one attached hydrogen (secondary N) is 1. The predicted octanol–water partition coefficient (Wildman–Crippen LogP) is 5.16. The van der Waals surface area contributed by atoms with E-state index in [1.165, 1.54) is 11.3 Å². The Bertz CT molecular complexity index is 1250. The molecule has 164 valence electrons. The molecule has 0 spiro atoms. The number of thiazole rings is 1. The molecule has 4 rings (SSSR count). The molecule has 1 N–H and O–H groups in total. The molecule has 2 heterocycles. The van der Waals surface area contributed by atoms with E-state index in [9.17, 15) is 4.79 Å². The number of hydrogen-bond acceptors (Lipinski definition) is 6. The molecule has 9 heteroatoms. The summed E-state index contributed by atoms with van der Waals surface area (Å²) in [6.45, 7) is 1.87. The van der Waals surface area contributed by atoms with Gasteiger partial charge in [-0.3, -0.25) is 4.79 Å². The molecule has 7 nitrogen and oxygen atoms in total. The minimum atomic E-state index is -0.148. The zero-order valence-electron chi connectivity index (χ0n) is 17.8. The Morgan fingerprint density at radius 2 is 1.84 bits per heavy atom. The van der Waals surface area contributed by atoms with Crippen LogP contribution in [0, 0.1) is 6.92 Å². The SMILES string of the molecule is COc1ccc(-c2csc(-n3nc(C)cc3NC(=O)Cc3ccc(Cl)cc3)n2)cc1OC. The van der Waals surface area contributed by atoms with Crippen LogP contribution in [0.3, 0.4) is 0 Å². The molecule has 32 heavy (non-hydrogen) atoms. The molecule has 4 aromatic rings. The van der Waals surface area contributed by atoms with E-state index in [4.69, 9.17) is 26.1 Å². The number of carbonyl (C=O) groups excluding carboxylic acids is 1. The van der Waals surface area contributed by atoms with Crippen molar-refractivity contribution in [2.45, 2.75) is 13.3 Å². The van der Waals surface area contributed by atoms with Gasteiger partial charge in [-0.05, 0) is 42.8 Å². The Morgan fingerprint density at radius 1 is 1.09 bits per heavy atom. The lowest BCUT2D eigenvalue weighted by Gasteiger charge is -2.08. The number of hydrogen-bond donors (Lipinski definition) is 1. The Hall–Kier alpha value is -3.36. The highest BCUT2D eigenvalue weighted by atomic mass is 35.5. The molecule has 0 unspecified atom stereocenters. The Kier molecular flexibility index (Phi) is 6.43. The van der Waals surface area contributed by atoms with Crippen molar-refractivity contribution < 1.29 is 14.3 Å². The molecule has 0 saturated heterocycles. The zero-order chi connectivity index (χ0) is 22.7. The molecule has 0 atom stereocenters. The van der Waals surface area contributed by atoms with Crippen molar-refractivity contribution in [2.75, 3.05) is 19.5 Å². The van der Waals surface area contributed by atoms with Crippen molar-refractivity contribution in [3.8, 4) is 27.9 Å². The number of ether oxygens (including phenoxy) is 2. The third kappa shape index (κ3) is 4.76. The van der Waals surface area contributed by atoms with E-state index in [0.717, 1.165) is 22.5 Å². The molecule has 0 radical (unpaired) electrons. The summed E-state index contributed by atoms with van der Waals surface area (Å²) >= 11 is 7.35. The Labute approximate surface area is 194 Å². The summed E-state index contributed by atoms with van der Waals surface area (Å²) in [5, 5.41) is 10.7. The minimum Gasteiger partial charge on any atom is -0.493 e. The van der Waals surface area contributed by atoms with Gasteiger partial charge in [0.15, 0.2) is 11.5 Å².